The number of nitrogens with zero attached hydrogens (tertiary/aromatic N) is 2. The van der Waals surface area contributed by atoms with Crippen LogP contribution >= 0.6 is 23.1 Å². The van der Waals surface area contributed by atoms with E-state index in [1.54, 1.807) is 14.1 Å². The van der Waals surface area contributed by atoms with E-state index in [2.05, 4.69) is 4.98 Å². The van der Waals surface area contributed by atoms with Gasteiger partial charge in [-0.3, -0.25) is 9.59 Å². The number of aryl methyl sites for hydroxylation is 1. The zero-order valence-electron chi connectivity index (χ0n) is 10.0. The van der Waals surface area contributed by atoms with E-state index in [0.29, 0.717) is 5.75 Å². The minimum atomic E-state index is -0.363. The summed E-state index contributed by atoms with van der Waals surface area (Å²) in [4.78, 5) is 28.9. The molecule has 0 aliphatic carbocycles. The lowest BCUT2D eigenvalue weighted by atomic mass is 10.3. The molecule has 2 amide bonds. The fourth-order valence-electron chi connectivity index (χ4n) is 1.04. The number of hydrogen-bond donors (Lipinski definition) is 1. The molecule has 0 radical (unpaired) electrons. The SMILES string of the molecule is Cc1nc(SCC(=O)N(C)C)sc1CC(N)=O. The van der Waals surface area contributed by atoms with Crippen molar-refractivity contribution in [2.45, 2.75) is 17.7 Å². The summed E-state index contributed by atoms with van der Waals surface area (Å²) in [6.07, 6.45) is 0.214. The molecule has 0 atom stereocenters. The van der Waals surface area contributed by atoms with Crippen molar-refractivity contribution in [2.24, 2.45) is 5.73 Å². The first-order valence-corrected chi connectivity index (χ1v) is 6.78. The second-order valence-corrected chi connectivity index (χ2v) is 6.01. The maximum atomic E-state index is 11.4. The van der Waals surface area contributed by atoms with Gasteiger partial charge in [0.05, 0.1) is 17.9 Å². The monoisotopic (exact) mass is 273 g/mol. The quantitative estimate of drug-likeness (QED) is 0.800. The fourth-order valence-corrected chi connectivity index (χ4v) is 3.26. The van der Waals surface area contributed by atoms with Crippen LogP contribution in [0.25, 0.3) is 0 Å². The highest BCUT2D eigenvalue weighted by atomic mass is 32.2. The average Bonchev–Trinajstić information content (AvgIpc) is 2.55. The summed E-state index contributed by atoms with van der Waals surface area (Å²) in [6.45, 7) is 1.84. The molecule has 1 aromatic rings. The van der Waals surface area contributed by atoms with Crippen LogP contribution in [0.5, 0.6) is 0 Å². The van der Waals surface area contributed by atoms with Gasteiger partial charge >= 0.3 is 0 Å². The van der Waals surface area contributed by atoms with E-state index in [0.717, 1.165) is 14.9 Å². The summed E-state index contributed by atoms with van der Waals surface area (Å²) in [5.74, 6) is 0.0349. The Hall–Kier alpha value is -1.08. The lowest BCUT2D eigenvalue weighted by Gasteiger charge is -2.07. The number of primary amides is 1. The molecule has 5 nitrogen and oxygen atoms in total. The van der Waals surface area contributed by atoms with E-state index in [4.69, 9.17) is 5.73 Å². The third-order valence-electron chi connectivity index (χ3n) is 2.03. The van der Waals surface area contributed by atoms with Crippen molar-refractivity contribution in [2.75, 3.05) is 19.8 Å². The van der Waals surface area contributed by atoms with Gasteiger partial charge in [-0.1, -0.05) is 11.8 Å². The van der Waals surface area contributed by atoms with Crippen LogP contribution in [0.1, 0.15) is 10.6 Å². The van der Waals surface area contributed by atoms with Crippen LogP contribution in [0.3, 0.4) is 0 Å². The van der Waals surface area contributed by atoms with Crippen molar-refractivity contribution in [1.29, 1.82) is 0 Å². The molecule has 0 aliphatic heterocycles. The van der Waals surface area contributed by atoms with E-state index in [-0.39, 0.29) is 18.2 Å². The Labute approximate surface area is 108 Å². The minimum absolute atomic E-state index is 0.0410. The standard InChI is InChI=1S/C10H15N3O2S2/c1-6-7(4-8(11)14)17-10(12-6)16-5-9(15)13(2)3/h4-5H2,1-3H3,(H2,11,14). The summed E-state index contributed by atoms with van der Waals surface area (Å²) in [5, 5.41) is 0. The molecule has 94 valence electrons. The molecule has 0 saturated carbocycles. The van der Waals surface area contributed by atoms with Crippen LogP contribution in [-0.2, 0) is 16.0 Å². The van der Waals surface area contributed by atoms with E-state index < -0.39 is 0 Å². The first kappa shape index (κ1) is 14.0. The minimum Gasteiger partial charge on any atom is -0.369 e. The van der Waals surface area contributed by atoms with Crippen molar-refractivity contribution in [3.05, 3.63) is 10.6 Å². The number of rotatable bonds is 5. The van der Waals surface area contributed by atoms with Gasteiger partial charge in [-0.2, -0.15) is 0 Å². The van der Waals surface area contributed by atoms with E-state index in [9.17, 15) is 9.59 Å². The maximum absolute atomic E-state index is 11.4. The van der Waals surface area contributed by atoms with Gasteiger partial charge in [0, 0.05) is 19.0 Å². The molecule has 2 N–H and O–H groups in total. The average molecular weight is 273 g/mol. The van der Waals surface area contributed by atoms with Gasteiger partial charge in [0.2, 0.25) is 11.8 Å². The topological polar surface area (TPSA) is 76.3 Å². The van der Waals surface area contributed by atoms with Gasteiger partial charge in [-0.15, -0.1) is 11.3 Å². The summed E-state index contributed by atoms with van der Waals surface area (Å²) >= 11 is 2.80. The predicted octanol–water partition coefficient (Wildman–Crippen LogP) is 0.660. The second kappa shape index (κ2) is 6.02. The van der Waals surface area contributed by atoms with Crippen molar-refractivity contribution >= 4 is 34.9 Å². The Morgan fingerprint density at radius 1 is 1.47 bits per heavy atom. The second-order valence-electron chi connectivity index (χ2n) is 3.71. The Morgan fingerprint density at radius 3 is 2.65 bits per heavy atom. The number of carbonyl (C=O) groups is 2. The molecule has 0 unspecified atom stereocenters. The first-order valence-electron chi connectivity index (χ1n) is 4.97. The van der Waals surface area contributed by atoms with Crippen LogP contribution in [0.15, 0.2) is 4.34 Å². The number of nitrogens with two attached hydrogens (primary N) is 1. The highest BCUT2D eigenvalue weighted by Gasteiger charge is 2.12. The zero-order chi connectivity index (χ0) is 13.0. The molecular weight excluding hydrogens is 258 g/mol. The first-order chi connectivity index (χ1) is 7.90. The maximum Gasteiger partial charge on any atom is 0.232 e. The van der Waals surface area contributed by atoms with Crippen molar-refractivity contribution in [3.8, 4) is 0 Å². The summed E-state index contributed by atoms with van der Waals surface area (Å²) in [5.41, 5.74) is 5.95. The zero-order valence-corrected chi connectivity index (χ0v) is 11.7. The smallest absolute Gasteiger partial charge is 0.232 e. The van der Waals surface area contributed by atoms with Gasteiger partial charge in [-0.25, -0.2) is 4.98 Å². The fraction of sp³-hybridized carbons (Fsp3) is 0.500. The number of thioether (sulfide) groups is 1. The van der Waals surface area contributed by atoms with Crippen molar-refractivity contribution < 1.29 is 9.59 Å². The van der Waals surface area contributed by atoms with E-state index >= 15 is 0 Å². The van der Waals surface area contributed by atoms with Gasteiger partial charge in [0.25, 0.3) is 0 Å². The molecular formula is C10H15N3O2S2. The molecule has 0 fully saturated rings. The molecule has 0 saturated heterocycles. The Bertz CT molecular complexity index is 429. The van der Waals surface area contributed by atoms with Crippen LogP contribution in [-0.4, -0.2) is 41.5 Å². The molecule has 1 heterocycles. The van der Waals surface area contributed by atoms with Crippen molar-refractivity contribution in [1.82, 2.24) is 9.88 Å². The molecule has 7 heteroatoms. The molecule has 0 bridgehead atoms. The number of thiazole rings is 1. The summed E-state index contributed by atoms with van der Waals surface area (Å²) in [7, 11) is 3.43. The third kappa shape index (κ3) is 4.35. The lowest BCUT2D eigenvalue weighted by Crippen LogP contribution is -2.23. The molecule has 0 aromatic carbocycles. The van der Waals surface area contributed by atoms with Gasteiger partial charge in [0.15, 0.2) is 4.34 Å². The molecule has 0 aliphatic rings. The van der Waals surface area contributed by atoms with Crippen LogP contribution < -0.4 is 5.73 Å². The normalized spacial score (nSPS) is 10.3. The number of aromatic nitrogens is 1. The predicted molar refractivity (Wildman–Crippen MR) is 69.2 cm³/mol. The molecule has 1 aromatic heterocycles. The molecule has 0 spiro atoms. The van der Waals surface area contributed by atoms with E-state index in [1.165, 1.54) is 28.0 Å². The van der Waals surface area contributed by atoms with Crippen LogP contribution in [0, 0.1) is 6.92 Å². The van der Waals surface area contributed by atoms with Gasteiger partial charge < -0.3 is 10.6 Å². The third-order valence-corrected chi connectivity index (χ3v) is 4.31. The Morgan fingerprint density at radius 2 is 2.12 bits per heavy atom. The number of amides is 2. The molecule has 1 rings (SSSR count). The largest absolute Gasteiger partial charge is 0.369 e. The highest BCUT2D eigenvalue weighted by molar-refractivity contribution is 8.01. The molecule has 17 heavy (non-hydrogen) atoms. The van der Waals surface area contributed by atoms with Gasteiger partial charge in [0.1, 0.15) is 0 Å². The number of hydrogen-bond acceptors (Lipinski definition) is 5. The Balaban J connectivity index is 2.61. The van der Waals surface area contributed by atoms with Crippen LogP contribution in [0.2, 0.25) is 0 Å². The van der Waals surface area contributed by atoms with E-state index in [1.807, 2.05) is 6.92 Å². The summed E-state index contributed by atoms with van der Waals surface area (Å²) in [6, 6.07) is 0. The lowest BCUT2D eigenvalue weighted by molar-refractivity contribution is -0.125. The number of carbonyl (C=O) groups excluding carboxylic acids is 2. The highest BCUT2D eigenvalue weighted by Crippen LogP contribution is 2.27. The van der Waals surface area contributed by atoms with Crippen LogP contribution in [0.4, 0.5) is 0 Å². The van der Waals surface area contributed by atoms with Crippen molar-refractivity contribution in [3.63, 3.8) is 0 Å². The summed E-state index contributed by atoms with van der Waals surface area (Å²) < 4.78 is 0.800. The van der Waals surface area contributed by atoms with Gasteiger partial charge in [-0.05, 0) is 6.92 Å². The Kier molecular flexibility index (Phi) is 4.95.